The van der Waals surface area contributed by atoms with Crippen molar-refractivity contribution in [2.75, 3.05) is 6.61 Å². The molecule has 1 heterocycles. The minimum absolute atomic E-state index is 0.186. The Morgan fingerprint density at radius 2 is 2.15 bits per heavy atom. The van der Waals surface area contributed by atoms with Crippen molar-refractivity contribution in [2.45, 2.75) is 13.8 Å². The van der Waals surface area contributed by atoms with Gasteiger partial charge in [0, 0.05) is 17.3 Å². The molecule has 0 aliphatic rings. The topological polar surface area (TPSA) is 61.2 Å². The minimum atomic E-state index is -0.730. The van der Waals surface area contributed by atoms with Crippen LogP contribution in [0.25, 0.3) is 5.69 Å². The van der Waals surface area contributed by atoms with Gasteiger partial charge in [-0.05, 0) is 31.5 Å². The first-order chi connectivity index (χ1) is 9.54. The Kier molecular flexibility index (Phi) is 4.20. The van der Waals surface area contributed by atoms with E-state index in [1.54, 1.807) is 25.1 Å². The number of nitrogens with zero attached hydrogens (tertiary/aromatic N) is 2. The zero-order valence-electron chi connectivity index (χ0n) is 11.1. The van der Waals surface area contributed by atoms with Crippen LogP contribution in [-0.2, 0) is 4.74 Å². The van der Waals surface area contributed by atoms with Crippen molar-refractivity contribution < 1.29 is 9.53 Å². The molecular formula is C14H13ClN2O3. The lowest BCUT2D eigenvalue weighted by Gasteiger charge is -2.10. The van der Waals surface area contributed by atoms with Crippen molar-refractivity contribution in [1.82, 2.24) is 9.78 Å². The SMILES string of the molecule is CCOC(=O)c1nn(-c2cccc(Cl)c2C)ccc1=O. The van der Waals surface area contributed by atoms with Crippen LogP contribution < -0.4 is 5.43 Å². The Balaban J connectivity index is 2.54. The Hall–Kier alpha value is -2.14. The molecule has 0 saturated heterocycles. The predicted molar refractivity (Wildman–Crippen MR) is 75.5 cm³/mol. The zero-order valence-corrected chi connectivity index (χ0v) is 11.8. The van der Waals surface area contributed by atoms with Gasteiger partial charge in [0.25, 0.3) is 0 Å². The third kappa shape index (κ3) is 2.72. The van der Waals surface area contributed by atoms with Gasteiger partial charge in [0.1, 0.15) is 0 Å². The lowest BCUT2D eigenvalue weighted by Crippen LogP contribution is -2.22. The summed E-state index contributed by atoms with van der Waals surface area (Å²) in [7, 11) is 0. The minimum Gasteiger partial charge on any atom is -0.461 e. The first kappa shape index (κ1) is 14.3. The van der Waals surface area contributed by atoms with E-state index in [9.17, 15) is 9.59 Å². The van der Waals surface area contributed by atoms with Gasteiger partial charge in [-0.25, -0.2) is 9.48 Å². The van der Waals surface area contributed by atoms with Crippen molar-refractivity contribution in [3.05, 3.63) is 57.0 Å². The zero-order chi connectivity index (χ0) is 14.7. The number of hydrogen-bond acceptors (Lipinski definition) is 4. The van der Waals surface area contributed by atoms with Crippen LogP contribution in [0.5, 0.6) is 0 Å². The summed E-state index contributed by atoms with van der Waals surface area (Å²) in [4.78, 5) is 23.3. The summed E-state index contributed by atoms with van der Waals surface area (Å²) in [5, 5.41) is 4.62. The molecule has 0 spiro atoms. The molecule has 0 aliphatic heterocycles. The van der Waals surface area contributed by atoms with Crippen LogP contribution in [0, 0.1) is 6.92 Å². The van der Waals surface area contributed by atoms with Crippen LogP contribution >= 0.6 is 11.6 Å². The van der Waals surface area contributed by atoms with E-state index < -0.39 is 11.4 Å². The van der Waals surface area contributed by atoms with E-state index in [4.69, 9.17) is 16.3 Å². The Labute approximate surface area is 120 Å². The lowest BCUT2D eigenvalue weighted by molar-refractivity contribution is 0.0515. The van der Waals surface area contributed by atoms with Crippen LogP contribution in [0.4, 0.5) is 0 Å². The fourth-order valence-corrected chi connectivity index (χ4v) is 1.90. The quantitative estimate of drug-likeness (QED) is 0.815. The second kappa shape index (κ2) is 5.88. The smallest absolute Gasteiger partial charge is 0.362 e. The molecule has 1 aromatic heterocycles. The molecule has 0 radical (unpaired) electrons. The molecule has 0 fully saturated rings. The first-order valence-electron chi connectivity index (χ1n) is 6.07. The van der Waals surface area contributed by atoms with Crippen LogP contribution in [0.3, 0.4) is 0 Å². The normalized spacial score (nSPS) is 10.3. The number of carbonyl (C=O) groups is 1. The number of hydrogen-bond donors (Lipinski definition) is 0. The number of benzene rings is 1. The largest absolute Gasteiger partial charge is 0.461 e. The monoisotopic (exact) mass is 292 g/mol. The average molecular weight is 293 g/mol. The van der Waals surface area contributed by atoms with Gasteiger partial charge in [0.05, 0.1) is 12.3 Å². The van der Waals surface area contributed by atoms with Crippen LogP contribution in [0.15, 0.2) is 35.3 Å². The molecule has 0 N–H and O–H groups in total. The summed E-state index contributed by atoms with van der Waals surface area (Å²) in [5.74, 6) is -0.730. The second-order valence-corrected chi connectivity index (χ2v) is 4.48. The number of aromatic nitrogens is 2. The number of ether oxygens (including phenoxy) is 1. The highest BCUT2D eigenvalue weighted by Gasteiger charge is 2.15. The molecule has 20 heavy (non-hydrogen) atoms. The highest BCUT2D eigenvalue weighted by atomic mass is 35.5. The number of halogens is 1. The average Bonchev–Trinajstić information content (AvgIpc) is 2.43. The van der Waals surface area contributed by atoms with Gasteiger partial charge in [0.15, 0.2) is 0 Å². The summed E-state index contributed by atoms with van der Waals surface area (Å²) in [6.07, 6.45) is 1.49. The van der Waals surface area contributed by atoms with Gasteiger partial charge < -0.3 is 4.74 Å². The maximum absolute atomic E-state index is 11.7. The molecule has 2 rings (SSSR count). The summed E-state index contributed by atoms with van der Waals surface area (Å²) in [6, 6.07) is 6.61. The molecular weight excluding hydrogens is 280 g/mol. The number of rotatable bonds is 3. The molecule has 1 aromatic carbocycles. The summed E-state index contributed by atoms with van der Waals surface area (Å²) >= 11 is 6.05. The van der Waals surface area contributed by atoms with E-state index in [1.807, 2.05) is 6.92 Å². The van der Waals surface area contributed by atoms with Crippen LogP contribution in [0.2, 0.25) is 5.02 Å². The molecule has 0 saturated carbocycles. The third-order valence-electron chi connectivity index (χ3n) is 2.76. The fraction of sp³-hybridized carbons (Fsp3) is 0.214. The molecule has 0 unspecified atom stereocenters. The maximum atomic E-state index is 11.7. The van der Waals surface area contributed by atoms with Gasteiger partial charge in [-0.2, -0.15) is 5.10 Å². The number of carbonyl (C=O) groups excluding carboxylic acids is 1. The van der Waals surface area contributed by atoms with Crippen molar-refractivity contribution >= 4 is 17.6 Å². The van der Waals surface area contributed by atoms with Gasteiger partial charge >= 0.3 is 5.97 Å². The molecule has 0 bridgehead atoms. The van der Waals surface area contributed by atoms with Gasteiger partial charge in [-0.1, -0.05) is 17.7 Å². The first-order valence-corrected chi connectivity index (χ1v) is 6.45. The molecule has 6 heteroatoms. The maximum Gasteiger partial charge on any atom is 0.362 e. The Morgan fingerprint density at radius 3 is 2.85 bits per heavy atom. The Bertz CT molecular complexity index is 710. The van der Waals surface area contributed by atoms with Crippen molar-refractivity contribution in [1.29, 1.82) is 0 Å². The van der Waals surface area contributed by atoms with E-state index in [-0.39, 0.29) is 12.3 Å². The molecule has 0 atom stereocenters. The molecule has 2 aromatic rings. The van der Waals surface area contributed by atoms with Gasteiger partial charge in [-0.3, -0.25) is 4.79 Å². The lowest BCUT2D eigenvalue weighted by atomic mass is 10.2. The molecule has 5 nitrogen and oxygen atoms in total. The highest BCUT2D eigenvalue weighted by Crippen LogP contribution is 2.21. The highest BCUT2D eigenvalue weighted by molar-refractivity contribution is 6.31. The van der Waals surface area contributed by atoms with Crippen LogP contribution in [0.1, 0.15) is 23.0 Å². The summed E-state index contributed by atoms with van der Waals surface area (Å²) in [5.41, 5.74) is 0.788. The van der Waals surface area contributed by atoms with Gasteiger partial charge in [-0.15, -0.1) is 0 Å². The molecule has 0 aliphatic carbocycles. The van der Waals surface area contributed by atoms with E-state index in [2.05, 4.69) is 5.10 Å². The van der Waals surface area contributed by atoms with E-state index in [0.29, 0.717) is 10.7 Å². The van der Waals surface area contributed by atoms with Crippen molar-refractivity contribution in [3.8, 4) is 5.69 Å². The molecule has 104 valence electrons. The van der Waals surface area contributed by atoms with E-state index in [1.165, 1.54) is 16.9 Å². The number of esters is 1. The Morgan fingerprint density at radius 1 is 1.40 bits per heavy atom. The van der Waals surface area contributed by atoms with Gasteiger partial charge in [0.2, 0.25) is 11.1 Å². The predicted octanol–water partition coefficient (Wildman–Crippen LogP) is 2.37. The van der Waals surface area contributed by atoms with Crippen molar-refractivity contribution in [3.63, 3.8) is 0 Å². The standard InChI is InChI=1S/C14H13ClN2O3/c1-3-20-14(19)13-12(18)7-8-17(16-13)11-6-4-5-10(15)9(11)2/h4-8H,3H2,1-2H3. The van der Waals surface area contributed by atoms with E-state index in [0.717, 1.165) is 5.56 Å². The third-order valence-corrected chi connectivity index (χ3v) is 3.17. The fourth-order valence-electron chi connectivity index (χ4n) is 1.73. The van der Waals surface area contributed by atoms with Crippen LogP contribution in [-0.4, -0.2) is 22.4 Å². The summed E-state index contributed by atoms with van der Waals surface area (Å²) in [6.45, 7) is 3.69. The second-order valence-electron chi connectivity index (χ2n) is 4.08. The van der Waals surface area contributed by atoms with Crippen molar-refractivity contribution in [2.24, 2.45) is 0 Å². The molecule has 0 amide bonds. The summed E-state index contributed by atoms with van der Waals surface area (Å²) < 4.78 is 6.25. The van der Waals surface area contributed by atoms with E-state index >= 15 is 0 Å².